The van der Waals surface area contributed by atoms with Gasteiger partial charge in [0.05, 0.1) is 22.8 Å². The summed E-state index contributed by atoms with van der Waals surface area (Å²) in [4.78, 5) is 22.4. The van der Waals surface area contributed by atoms with Crippen LogP contribution in [0.2, 0.25) is 0 Å². The predicted octanol–water partition coefficient (Wildman–Crippen LogP) is 1.97. The van der Waals surface area contributed by atoms with E-state index in [2.05, 4.69) is 33.4 Å². The van der Waals surface area contributed by atoms with Crippen LogP contribution in [0.1, 0.15) is 27.3 Å². The molecule has 1 atom stereocenters. The van der Waals surface area contributed by atoms with E-state index in [9.17, 15) is 4.79 Å². The van der Waals surface area contributed by atoms with Gasteiger partial charge < -0.3 is 11.1 Å². The van der Waals surface area contributed by atoms with Crippen molar-refractivity contribution >= 4 is 33.3 Å². The molecule has 1 aliphatic heterocycles. The van der Waals surface area contributed by atoms with Gasteiger partial charge in [0.1, 0.15) is 17.0 Å². The Morgan fingerprint density at radius 3 is 3.21 bits per heavy atom. The van der Waals surface area contributed by atoms with E-state index >= 15 is 0 Å². The standard InChI is InChI=1S/C16H18N6OS/c1-9-4-11-15(19-8-20-16(11)24-9)18-6-10-2-3-22-13(5-10)12(7-21-22)14(17)23/h4,7-8,10H,2-3,5-6H2,1H3,(H2,17,23)(H,18,19,20)/t10-/m0/s1. The maximum atomic E-state index is 11.5. The van der Waals surface area contributed by atoms with Gasteiger partial charge in [0.2, 0.25) is 0 Å². The summed E-state index contributed by atoms with van der Waals surface area (Å²) in [5.41, 5.74) is 6.92. The molecule has 0 radical (unpaired) electrons. The van der Waals surface area contributed by atoms with Crippen molar-refractivity contribution in [2.45, 2.75) is 26.3 Å². The van der Waals surface area contributed by atoms with Crippen LogP contribution in [0, 0.1) is 12.8 Å². The lowest BCUT2D eigenvalue weighted by Crippen LogP contribution is -2.27. The molecule has 0 saturated heterocycles. The number of primary amides is 1. The van der Waals surface area contributed by atoms with Gasteiger partial charge in [-0.05, 0) is 31.7 Å². The van der Waals surface area contributed by atoms with Crippen LogP contribution in [0.4, 0.5) is 5.82 Å². The summed E-state index contributed by atoms with van der Waals surface area (Å²) in [6.07, 6.45) is 4.98. The number of aryl methyl sites for hydroxylation is 2. The van der Waals surface area contributed by atoms with Gasteiger partial charge in [-0.3, -0.25) is 9.48 Å². The monoisotopic (exact) mass is 342 g/mol. The van der Waals surface area contributed by atoms with Gasteiger partial charge in [0.15, 0.2) is 0 Å². The van der Waals surface area contributed by atoms with Crippen molar-refractivity contribution in [1.29, 1.82) is 0 Å². The van der Waals surface area contributed by atoms with E-state index in [1.54, 1.807) is 23.9 Å². The van der Waals surface area contributed by atoms with Crippen molar-refractivity contribution in [2.24, 2.45) is 11.7 Å². The molecule has 3 N–H and O–H groups in total. The van der Waals surface area contributed by atoms with E-state index in [0.717, 1.165) is 47.7 Å². The number of rotatable bonds is 4. The van der Waals surface area contributed by atoms with E-state index < -0.39 is 5.91 Å². The van der Waals surface area contributed by atoms with Crippen molar-refractivity contribution in [2.75, 3.05) is 11.9 Å². The van der Waals surface area contributed by atoms with Crippen molar-refractivity contribution in [3.05, 3.63) is 34.7 Å². The van der Waals surface area contributed by atoms with E-state index in [-0.39, 0.29) is 0 Å². The van der Waals surface area contributed by atoms with E-state index in [4.69, 9.17) is 5.73 Å². The Balaban J connectivity index is 1.50. The van der Waals surface area contributed by atoms with Crippen molar-refractivity contribution in [3.8, 4) is 0 Å². The topological polar surface area (TPSA) is 98.7 Å². The average Bonchev–Trinajstić information content (AvgIpc) is 3.14. The van der Waals surface area contributed by atoms with Gasteiger partial charge >= 0.3 is 0 Å². The predicted molar refractivity (Wildman–Crippen MR) is 93.2 cm³/mol. The number of hydrogen-bond donors (Lipinski definition) is 2. The molecule has 0 bridgehead atoms. The lowest BCUT2D eigenvalue weighted by Gasteiger charge is -2.24. The highest BCUT2D eigenvalue weighted by molar-refractivity contribution is 7.18. The zero-order valence-corrected chi connectivity index (χ0v) is 14.1. The molecule has 4 rings (SSSR count). The minimum atomic E-state index is -0.406. The molecule has 0 spiro atoms. The van der Waals surface area contributed by atoms with Crippen LogP contribution in [-0.2, 0) is 13.0 Å². The molecule has 3 aromatic heterocycles. The highest BCUT2D eigenvalue weighted by Gasteiger charge is 2.24. The number of amides is 1. The largest absolute Gasteiger partial charge is 0.369 e. The lowest BCUT2D eigenvalue weighted by atomic mass is 9.94. The number of thiophene rings is 1. The number of carbonyl (C=O) groups is 1. The fourth-order valence-electron chi connectivity index (χ4n) is 3.24. The van der Waals surface area contributed by atoms with Crippen LogP contribution in [0.15, 0.2) is 18.6 Å². The summed E-state index contributed by atoms with van der Waals surface area (Å²) in [7, 11) is 0. The molecule has 0 aromatic carbocycles. The second-order valence-corrected chi connectivity index (χ2v) is 7.36. The minimum Gasteiger partial charge on any atom is -0.369 e. The van der Waals surface area contributed by atoms with Gasteiger partial charge in [-0.2, -0.15) is 5.10 Å². The van der Waals surface area contributed by atoms with E-state index in [1.165, 1.54) is 4.88 Å². The average molecular weight is 342 g/mol. The van der Waals surface area contributed by atoms with Crippen LogP contribution in [-0.4, -0.2) is 32.2 Å². The molecule has 124 valence electrons. The number of anilines is 1. The van der Waals surface area contributed by atoms with Crippen LogP contribution >= 0.6 is 11.3 Å². The summed E-state index contributed by atoms with van der Waals surface area (Å²) < 4.78 is 1.89. The fraction of sp³-hybridized carbons (Fsp3) is 0.375. The van der Waals surface area contributed by atoms with E-state index in [0.29, 0.717) is 11.5 Å². The smallest absolute Gasteiger partial charge is 0.252 e. The lowest BCUT2D eigenvalue weighted by molar-refractivity contribution is 0.0998. The molecule has 1 amide bonds. The van der Waals surface area contributed by atoms with Crippen LogP contribution < -0.4 is 11.1 Å². The number of carbonyl (C=O) groups excluding carboxylic acids is 1. The Bertz CT molecular complexity index is 915. The van der Waals surface area contributed by atoms with Gasteiger partial charge in [-0.25, -0.2) is 9.97 Å². The highest BCUT2D eigenvalue weighted by Crippen LogP contribution is 2.28. The zero-order valence-electron chi connectivity index (χ0n) is 13.3. The van der Waals surface area contributed by atoms with Crippen molar-refractivity contribution in [3.63, 3.8) is 0 Å². The molecule has 0 saturated carbocycles. The van der Waals surface area contributed by atoms with Gasteiger partial charge in [-0.1, -0.05) is 0 Å². The zero-order chi connectivity index (χ0) is 16.7. The first-order valence-corrected chi connectivity index (χ1v) is 8.73. The van der Waals surface area contributed by atoms with Crippen LogP contribution in [0.25, 0.3) is 10.2 Å². The fourth-order valence-corrected chi connectivity index (χ4v) is 4.08. The number of fused-ring (bicyclic) bond motifs is 2. The Labute approximate surface area is 142 Å². The number of nitrogens with one attached hydrogen (secondary N) is 1. The van der Waals surface area contributed by atoms with Crippen molar-refractivity contribution in [1.82, 2.24) is 19.7 Å². The number of hydrogen-bond acceptors (Lipinski definition) is 6. The molecule has 1 aliphatic rings. The molecule has 0 fully saturated rings. The van der Waals surface area contributed by atoms with Gasteiger partial charge in [0, 0.05) is 18.0 Å². The Morgan fingerprint density at radius 1 is 1.50 bits per heavy atom. The van der Waals surface area contributed by atoms with Crippen LogP contribution in [0.5, 0.6) is 0 Å². The Morgan fingerprint density at radius 2 is 2.38 bits per heavy atom. The molecule has 0 unspecified atom stereocenters. The SMILES string of the molecule is Cc1cc2c(NC[C@H]3CCn4ncc(C(N)=O)c4C3)ncnc2s1. The maximum absolute atomic E-state index is 11.5. The molecule has 8 heteroatoms. The molecule has 24 heavy (non-hydrogen) atoms. The quantitative estimate of drug-likeness (QED) is 0.755. The molecular weight excluding hydrogens is 324 g/mol. The first kappa shape index (κ1) is 15.1. The third-order valence-electron chi connectivity index (χ3n) is 4.46. The van der Waals surface area contributed by atoms with Crippen molar-refractivity contribution < 1.29 is 4.79 Å². The third-order valence-corrected chi connectivity index (χ3v) is 5.41. The number of aromatic nitrogens is 4. The summed E-state index contributed by atoms with van der Waals surface area (Å²) >= 11 is 1.67. The molecular formula is C16H18N6OS. The first-order valence-electron chi connectivity index (χ1n) is 7.91. The third kappa shape index (κ3) is 2.62. The van der Waals surface area contributed by atoms with E-state index in [1.807, 2.05) is 4.68 Å². The van der Waals surface area contributed by atoms with Gasteiger partial charge in [-0.15, -0.1) is 11.3 Å². The summed E-state index contributed by atoms with van der Waals surface area (Å²) in [5, 5.41) is 8.77. The summed E-state index contributed by atoms with van der Waals surface area (Å²) in [6, 6.07) is 2.11. The Hall–Kier alpha value is -2.48. The second kappa shape index (κ2) is 5.86. The summed E-state index contributed by atoms with van der Waals surface area (Å²) in [6.45, 7) is 3.68. The molecule has 7 nitrogen and oxygen atoms in total. The molecule has 3 aromatic rings. The highest BCUT2D eigenvalue weighted by atomic mass is 32.1. The number of nitrogens with zero attached hydrogens (tertiary/aromatic N) is 4. The number of nitrogens with two attached hydrogens (primary N) is 1. The Kier molecular flexibility index (Phi) is 3.68. The molecule has 0 aliphatic carbocycles. The minimum absolute atomic E-state index is 0.406. The maximum Gasteiger partial charge on any atom is 0.252 e. The second-order valence-electron chi connectivity index (χ2n) is 6.13. The molecule has 4 heterocycles. The first-order chi connectivity index (χ1) is 11.6. The normalized spacial score (nSPS) is 17.0. The van der Waals surface area contributed by atoms with Gasteiger partial charge in [0.25, 0.3) is 5.91 Å². The summed E-state index contributed by atoms with van der Waals surface area (Å²) in [5.74, 6) is 0.881. The van der Waals surface area contributed by atoms with Crippen LogP contribution in [0.3, 0.4) is 0 Å².